The van der Waals surface area contributed by atoms with E-state index in [0.29, 0.717) is 19.1 Å². The molecule has 1 fully saturated rings. The predicted molar refractivity (Wildman–Crippen MR) is 143 cm³/mol. The summed E-state index contributed by atoms with van der Waals surface area (Å²) in [7, 11) is 0. The summed E-state index contributed by atoms with van der Waals surface area (Å²) in [5.41, 5.74) is 5.23. The van der Waals surface area contributed by atoms with Gasteiger partial charge in [-0.1, -0.05) is 62.6 Å². The molecule has 36 heavy (non-hydrogen) atoms. The highest BCUT2D eigenvalue weighted by molar-refractivity contribution is 5.83. The second-order valence-electron chi connectivity index (χ2n) is 10.3. The number of tetrazole rings is 1. The van der Waals surface area contributed by atoms with Crippen LogP contribution in [0.1, 0.15) is 79.6 Å². The zero-order chi connectivity index (χ0) is 25.1. The van der Waals surface area contributed by atoms with Crippen LogP contribution < -0.4 is 5.56 Å². The number of pyridine rings is 1. The fourth-order valence-electron chi connectivity index (χ4n) is 5.80. The molecule has 1 N–H and O–H groups in total. The van der Waals surface area contributed by atoms with Crippen LogP contribution in [0.3, 0.4) is 0 Å². The Hall–Kier alpha value is -3.32. The molecule has 2 heterocycles. The maximum Gasteiger partial charge on any atom is 0.252 e. The molecule has 7 nitrogen and oxygen atoms in total. The zero-order valence-corrected chi connectivity index (χ0v) is 21.6. The second-order valence-corrected chi connectivity index (χ2v) is 10.3. The van der Waals surface area contributed by atoms with Crippen molar-refractivity contribution in [2.75, 3.05) is 0 Å². The highest BCUT2D eigenvalue weighted by atomic mass is 16.1. The molecular weight excluding hydrogens is 448 g/mol. The van der Waals surface area contributed by atoms with Crippen LogP contribution in [0.25, 0.3) is 10.9 Å². The Balaban J connectivity index is 1.53. The Labute approximate surface area is 212 Å². The zero-order valence-electron chi connectivity index (χ0n) is 21.6. The molecule has 4 aromatic rings. The molecule has 5 rings (SSSR count). The molecule has 1 atom stereocenters. The molecule has 1 saturated carbocycles. The minimum Gasteiger partial charge on any atom is -0.322 e. The van der Waals surface area contributed by atoms with Gasteiger partial charge in [-0.3, -0.25) is 9.69 Å². The lowest BCUT2D eigenvalue weighted by molar-refractivity contribution is 0.108. The maximum atomic E-state index is 13.3. The Morgan fingerprint density at radius 2 is 1.89 bits per heavy atom. The van der Waals surface area contributed by atoms with E-state index in [-0.39, 0.29) is 11.6 Å². The number of aromatic amines is 1. The first-order valence-electron chi connectivity index (χ1n) is 13.2. The molecule has 0 radical (unpaired) electrons. The van der Waals surface area contributed by atoms with E-state index < -0.39 is 0 Å². The number of benzene rings is 2. The normalized spacial score (nSPS) is 15.2. The first kappa shape index (κ1) is 24.4. The molecule has 1 aliphatic rings. The number of fused-ring (bicyclic) bond motifs is 1. The average molecular weight is 485 g/mol. The minimum atomic E-state index is -0.00498. The summed E-state index contributed by atoms with van der Waals surface area (Å²) in [6.07, 6.45) is 6.69. The number of H-pyrrole nitrogens is 1. The fourth-order valence-corrected chi connectivity index (χ4v) is 5.80. The number of nitrogens with zero attached hydrogens (tertiary/aromatic N) is 5. The van der Waals surface area contributed by atoms with Crippen LogP contribution in [0, 0.1) is 13.8 Å². The van der Waals surface area contributed by atoms with Crippen molar-refractivity contribution in [2.45, 2.75) is 84.5 Å². The smallest absolute Gasteiger partial charge is 0.252 e. The molecule has 0 aliphatic heterocycles. The van der Waals surface area contributed by atoms with E-state index in [9.17, 15) is 4.79 Å². The van der Waals surface area contributed by atoms with Crippen LogP contribution in [-0.4, -0.2) is 36.1 Å². The topological polar surface area (TPSA) is 79.7 Å². The standard InChI is InChI=1S/C29H36N6O/c1-4-10-27(28-31-32-33-35(28)18-22-11-6-5-7-12-22)34(24-13-8-9-14-24)19-23-17-25-21(3)15-20(2)16-26(25)30-29(23)36/h5-7,11-12,15-17,24,27H,4,8-10,13-14,18-19H2,1-3H3,(H,30,36)/t27-/m0/s1. The molecule has 7 heteroatoms. The molecule has 0 bridgehead atoms. The van der Waals surface area contributed by atoms with E-state index in [1.54, 1.807) is 0 Å². The van der Waals surface area contributed by atoms with Gasteiger partial charge in [-0.2, -0.15) is 0 Å². The number of hydrogen-bond acceptors (Lipinski definition) is 5. The van der Waals surface area contributed by atoms with Crippen molar-refractivity contribution < 1.29 is 0 Å². The van der Waals surface area contributed by atoms with Gasteiger partial charge in [-0.15, -0.1) is 5.10 Å². The third-order valence-corrected chi connectivity index (χ3v) is 7.53. The number of nitrogens with one attached hydrogen (secondary N) is 1. The molecule has 0 amide bonds. The summed E-state index contributed by atoms with van der Waals surface area (Å²) in [4.78, 5) is 18.9. The molecule has 1 aliphatic carbocycles. The summed E-state index contributed by atoms with van der Waals surface area (Å²) >= 11 is 0. The van der Waals surface area contributed by atoms with Crippen molar-refractivity contribution in [3.05, 3.63) is 87.0 Å². The lowest BCUT2D eigenvalue weighted by Crippen LogP contribution is -2.39. The van der Waals surface area contributed by atoms with Gasteiger partial charge >= 0.3 is 0 Å². The third-order valence-electron chi connectivity index (χ3n) is 7.53. The van der Waals surface area contributed by atoms with Crippen molar-refractivity contribution in [1.29, 1.82) is 0 Å². The van der Waals surface area contributed by atoms with Crippen LogP contribution >= 0.6 is 0 Å². The van der Waals surface area contributed by atoms with E-state index in [0.717, 1.165) is 53.5 Å². The quantitative estimate of drug-likeness (QED) is 0.341. The lowest BCUT2D eigenvalue weighted by atomic mass is 10.0. The van der Waals surface area contributed by atoms with Crippen molar-refractivity contribution in [2.24, 2.45) is 0 Å². The lowest BCUT2D eigenvalue weighted by Gasteiger charge is -2.35. The van der Waals surface area contributed by atoms with Crippen LogP contribution in [0.5, 0.6) is 0 Å². The van der Waals surface area contributed by atoms with Gasteiger partial charge < -0.3 is 4.98 Å². The number of aryl methyl sites for hydroxylation is 2. The Bertz CT molecular complexity index is 1370. The minimum absolute atomic E-state index is 0.00498. The molecule has 188 valence electrons. The second kappa shape index (κ2) is 10.7. The van der Waals surface area contributed by atoms with Crippen LogP contribution in [0.4, 0.5) is 0 Å². The van der Waals surface area contributed by atoms with Gasteiger partial charge in [0.05, 0.1) is 12.6 Å². The Kier molecular flexibility index (Phi) is 7.28. The van der Waals surface area contributed by atoms with E-state index in [2.05, 4.69) is 76.5 Å². The predicted octanol–water partition coefficient (Wildman–Crippen LogP) is 5.47. The monoisotopic (exact) mass is 484 g/mol. The molecule has 2 aromatic carbocycles. The Morgan fingerprint density at radius 3 is 2.64 bits per heavy atom. The number of rotatable bonds is 9. The van der Waals surface area contributed by atoms with Gasteiger partial charge in [0, 0.05) is 29.1 Å². The SMILES string of the molecule is CCC[C@@H](c1nnnn1Cc1ccccc1)N(Cc1cc2c(C)cc(C)cc2[nH]c1=O)C1CCCC1. The molecular formula is C29H36N6O. The molecule has 0 unspecified atom stereocenters. The van der Waals surface area contributed by atoms with Gasteiger partial charge in [0.2, 0.25) is 0 Å². The van der Waals surface area contributed by atoms with E-state index in [1.165, 1.54) is 24.0 Å². The molecule has 0 spiro atoms. The maximum absolute atomic E-state index is 13.3. The average Bonchev–Trinajstić information content (AvgIpc) is 3.55. The van der Waals surface area contributed by atoms with Crippen molar-refractivity contribution in [1.82, 2.24) is 30.1 Å². The van der Waals surface area contributed by atoms with E-state index >= 15 is 0 Å². The van der Waals surface area contributed by atoms with E-state index in [4.69, 9.17) is 0 Å². The fraction of sp³-hybridized carbons (Fsp3) is 0.448. The van der Waals surface area contributed by atoms with Crippen molar-refractivity contribution >= 4 is 10.9 Å². The highest BCUT2D eigenvalue weighted by Gasteiger charge is 2.33. The third kappa shape index (κ3) is 5.12. The number of hydrogen-bond donors (Lipinski definition) is 1. The van der Waals surface area contributed by atoms with Gasteiger partial charge in [0.1, 0.15) is 0 Å². The van der Waals surface area contributed by atoms with Gasteiger partial charge in [0.15, 0.2) is 5.82 Å². The first-order valence-corrected chi connectivity index (χ1v) is 13.2. The van der Waals surface area contributed by atoms with Crippen molar-refractivity contribution in [3.8, 4) is 0 Å². The summed E-state index contributed by atoms with van der Waals surface area (Å²) in [6, 6.07) is 17.1. The van der Waals surface area contributed by atoms with Crippen molar-refractivity contribution in [3.63, 3.8) is 0 Å². The molecule has 2 aromatic heterocycles. The van der Waals surface area contributed by atoms with Gasteiger partial charge in [-0.25, -0.2) is 4.68 Å². The summed E-state index contributed by atoms with van der Waals surface area (Å²) in [5.74, 6) is 0.886. The number of aromatic nitrogens is 5. The van der Waals surface area contributed by atoms with Crippen LogP contribution in [0.15, 0.2) is 53.3 Å². The largest absolute Gasteiger partial charge is 0.322 e. The highest BCUT2D eigenvalue weighted by Crippen LogP contribution is 2.34. The van der Waals surface area contributed by atoms with Crippen LogP contribution in [-0.2, 0) is 13.1 Å². The van der Waals surface area contributed by atoms with Crippen LogP contribution in [0.2, 0.25) is 0 Å². The summed E-state index contributed by atoms with van der Waals surface area (Å²) in [6.45, 7) is 7.61. The van der Waals surface area contributed by atoms with Gasteiger partial charge in [-0.05, 0) is 72.4 Å². The van der Waals surface area contributed by atoms with E-state index in [1.807, 2.05) is 22.9 Å². The summed E-state index contributed by atoms with van der Waals surface area (Å²) in [5, 5.41) is 14.1. The Morgan fingerprint density at radius 1 is 1.11 bits per heavy atom. The molecule has 0 saturated heterocycles. The van der Waals surface area contributed by atoms with Gasteiger partial charge in [0.25, 0.3) is 5.56 Å². The summed E-state index contributed by atoms with van der Waals surface area (Å²) < 4.78 is 1.94. The first-order chi connectivity index (χ1) is 17.5.